The highest BCUT2D eigenvalue weighted by molar-refractivity contribution is 5.78. The maximum atomic E-state index is 12.1. The molecule has 0 bridgehead atoms. The Bertz CT molecular complexity index is 453. The number of hydrogen-bond acceptors (Lipinski definition) is 3. The average molecular weight is 275 g/mol. The highest BCUT2D eigenvalue weighted by Crippen LogP contribution is 2.13. The third kappa shape index (κ3) is 3.58. The minimum atomic E-state index is -0.0575. The van der Waals surface area contributed by atoms with Crippen molar-refractivity contribution in [1.82, 2.24) is 9.80 Å². The van der Waals surface area contributed by atoms with Crippen LogP contribution in [0.2, 0.25) is 0 Å². The summed E-state index contributed by atoms with van der Waals surface area (Å²) >= 11 is 0. The van der Waals surface area contributed by atoms with Crippen molar-refractivity contribution in [2.75, 3.05) is 32.7 Å². The Balaban J connectivity index is 1.86. The Hall–Kier alpha value is -1.39. The summed E-state index contributed by atoms with van der Waals surface area (Å²) in [6.45, 7) is 8.97. The maximum Gasteiger partial charge on any atom is 0.226 e. The van der Waals surface area contributed by atoms with Gasteiger partial charge in [0.1, 0.15) is 0 Å². The lowest BCUT2D eigenvalue weighted by molar-refractivity contribution is -0.136. The van der Waals surface area contributed by atoms with Gasteiger partial charge in [0.2, 0.25) is 5.91 Å². The van der Waals surface area contributed by atoms with Crippen molar-refractivity contribution in [2.45, 2.75) is 20.4 Å². The molecule has 4 heteroatoms. The van der Waals surface area contributed by atoms with E-state index in [-0.39, 0.29) is 11.8 Å². The molecule has 1 atom stereocenters. The Labute approximate surface area is 121 Å². The van der Waals surface area contributed by atoms with Gasteiger partial charge in [-0.3, -0.25) is 9.69 Å². The van der Waals surface area contributed by atoms with Crippen LogP contribution < -0.4 is 5.73 Å². The normalized spacial score (nSPS) is 18.1. The second kappa shape index (κ2) is 6.86. The van der Waals surface area contributed by atoms with Gasteiger partial charge < -0.3 is 10.6 Å². The van der Waals surface area contributed by atoms with Crippen molar-refractivity contribution < 1.29 is 4.79 Å². The van der Waals surface area contributed by atoms with Crippen molar-refractivity contribution in [1.29, 1.82) is 0 Å². The fourth-order valence-corrected chi connectivity index (χ4v) is 2.57. The molecule has 2 rings (SSSR count). The zero-order valence-corrected chi connectivity index (χ0v) is 12.5. The van der Waals surface area contributed by atoms with Gasteiger partial charge in [0.05, 0.1) is 0 Å². The summed E-state index contributed by atoms with van der Waals surface area (Å²) in [6.07, 6.45) is 0. The van der Waals surface area contributed by atoms with E-state index in [9.17, 15) is 4.79 Å². The predicted molar refractivity (Wildman–Crippen MR) is 81.3 cm³/mol. The molecule has 1 unspecified atom stereocenters. The second-order valence-electron chi connectivity index (χ2n) is 5.66. The van der Waals surface area contributed by atoms with E-state index < -0.39 is 0 Å². The van der Waals surface area contributed by atoms with Gasteiger partial charge in [0, 0.05) is 45.2 Å². The summed E-state index contributed by atoms with van der Waals surface area (Å²) in [6, 6.07) is 8.50. The summed E-state index contributed by atoms with van der Waals surface area (Å²) in [4.78, 5) is 16.4. The van der Waals surface area contributed by atoms with Crippen molar-refractivity contribution in [3.05, 3.63) is 35.4 Å². The van der Waals surface area contributed by atoms with Gasteiger partial charge in [-0.1, -0.05) is 31.2 Å². The fraction of sp³-hybridized carbons (Fsp3) is 0.562. The molecule has 1 aliphatic heterocycles. The summed E-state index contributed by atoms with van der Waals surface area (Å²) in [7, 11) is 0. The number of benzene rings is 1. The van der Waals surface area contributed by atoms with Crippen molar-refractivity contribution in [3.63, 3.8) is 0 Å². The molecule has 110 valence electrons. The van der Waals surface area contributed by atoms with E-state index in [1.54, 1.807) is 0 Å². The first kappa shape index (κ1) is 15.0. The number of hydrogen-bond donors (Lipinski definition) is 1. The topological polar surface area (TPSA) is 49.6 Å². The smallest absolute Gasteiger partial charge is 0.226 e. The zero-order chi connectivity index (χ0) is 14.5. The SMILES string of the molecule is Cc1ccccc1CN1CCN(C(=O)C(C)CN)CC1. The van der Waals surface area contributed by atoms with Crippen molar-refractivity contribution >= 4 is 5.91 Å². The first-order valence-corrected chi connectivity index (χ1v) is 7.37. The van der Waals surface area contributed by atoms with E-state index in [2.05, 4.69) is 36.1 Å². The average Bonchev–Trinajstić information content (AvgIpc) is 2.49. The highest BCUT2D eigenvalue weighted by atomic mass is 16.2. The predicted octanol–water partition coefficient (Wildman–Crippen LogP) is 1.23. The molecule has 0 aromatic heterocycles. The van der Waals surface area contributed by atoms with Crippen LogP contribution in [-0.2, 0) is 11.3 Å². The van der Waals surface area contributed by atoms with E-state index in [0.717, 1.165) is 32.7 Å². The minimum Gasteiger partial charge on any atom is -0.340 e. The molecular weight excluding hydrogens is 250 g/mol. The standard InChI is InChI=1S/C16H25N3O/c1-13-5-3-4-6-15(13)12-18-7-9-19(10-8-18)16(20)14(2)11-17/h3-6,14H,7-12,17H2,1-2H3. The van der Waals surface area contributed by atoms with E-state index in [4.69, 9.17) is 5.73 Å². The largest absolute Gasteiger partial charge is 0.340 e. The van der Waals surface area contributed by atoms with Crippen LogP contribution in [0.5, 0.6) is 0 Å². The van der Waals surface area contributed by atoms with Gasteiger partial charge in [0.25, 0.3) is 0 Å². The lowest BCUT2D eigenvalue weighted by Gasteiger charge is -2.36. The Morgan fingerprint density at radius 3 is 2.50 bits per heavy atom. The van der Waals surface area contributed by atoms with E-state index in [1.165, 1.54) is 11.1 Å². The monoisotopic (exact) mass is 275 g/mol. The maximum absolute atomic E-state index is 12.1. The number of amides is 1. The van der Waals surface area contributed by atoms with Crippen LogP contribution in [0.15, 0.2) is 24.3 Å². The number of carbonyl (C=O) groups is 1. The van der Waals surface area contributed by atoms with Gasteiger partial charge in [-0.05, 0) is 18.1 Å². The molecule has 0 aliphatic carbocycles. The summed E-state index contributed by atoms with van der Waals surface area (Å²) in [5, 5.41) is 0. The van der Waals surface area contributed by atoms with Crippen LogP contribution in [0.25, 0.3) is 0 Å². The lowest BCUT2D eigenvalue weighted by Crippen LogP contribution is -2.50. The molecule has 1 aromatic rings. The van der Waals surface area contributed by atoms with Crippen LogP contribution in [-0.4, -0.2) is 48.4 Å². The number of rotatable bonds is 4. The van der Waals surface area contributed by atoms with Gasteiger partial charge in [0.15, 0.2) is 0 Å². The molecular formula is C16H25N3O. The van der Waals surface area contributed by atoms with Gasteiger partial charge in [-0.15, -0.1) is 0 Å². The molecule has 2 N–H and O–H groups in total. The molecule has 20 heavy (non-hydrogen) atoms. The minimum absolute atomic E-state index is 0.0575. The molecule has 1 aliphatic rings. The molecule has 0 saturated carbocycles. The number of piperazine rings is 1. The lowest BCUT2D eigenvalue weighted by atomic mass is 10.1. The quantitative estimate of drug-likeness (QED) is 0.899. The van der Waals surface area contributed by atoms with Crippen molar-refractivity contribution in [2.24, 2.45) is 11.7 Å². The van der Waals surface area contributed by atoms with Crippen LogP contribution >= 0.6 is 0 Å². The van der Waals surface area contributed by atoms with E-state index in [1.807, 2.05) is 11.8 Å². The third-order valence-corrected chi connectivity index (χ3v) is 4.11. The molecule has 1 saturated heterocycles. The summed E-state index contributed by atoms with van der Waals surface area (Å²) in [5.41, 5.74) is 8.28. The summed E-state index contributed by atoms with van der Waals surface area (Å²) < 4.78 is 0. The van der Waals surface area contributed by atoms with Crippen molar-refractivity contribution in [3.8, 4) is 0 Å². The van der Waals surface area contributed by atoms with Gasteiger partial charge in [-0.2, -0.15) is 0 Å². The number of nitrogens with zero attached hydrogens (tertiary/aromatic N) is 2. The first-order valence-electron chi connectivity index (χ1n) is 7.37. The Kier molecular flexibility index (Phi) is 5.15. The number of carbonyl (C=O) groups excluding carboxylic acids is 1. The second-order valence-corrected chi connectivity index (χ2v) is 5.66. The van der Waals surface area contributed by atoms with Crippen LogP contribution in [0.3, 0.4) is 0 Å². The van der Waals surface area contributed by atoms with E-state index >= 15 is 0 Å². The number of nitrogens with two attached hydrogens (primary N) is 1. The van der Waals surface area contributed by atoms with Crippen LogP contribution in [0, 0.1) is 12.8 Å². The van der Waals surface area contributed by atoms with Gasteiger partial charge in [-0.25, -0.2) is 0 Å². The molecule has 1 fully saturated rings. The summed E-state index contributed by atoms with van der Waals surface area (Å²) in [5.74, 6) is 0.140. The number of aryl methyl sites for hydroxylation is 1. The zero-order valence-electron chi connectivity index (χ0n) is 12.5. The van der Waals surface area contributed by atoms with Crippen LogP contribution in [0.1, 0.15) is 18.1 Å². The molecule has 1 aromatic carbocycles. The molecule has 0 radical (unpaired) electrons. The van der Waals surface area contributed by atoms with Crippen LogP contribution in [0.4, 0.5) is 0 Å². The highest BCUT2D eigenvalue weighted by Gasteiger charge is 2.24. The van der Waals surface area contributed by atoms with E-state index in [0.29, 0.717) is 6.54 Å². The fourth-order valence-electron chi connectivity index (χ4n) is 2.57. The molecule has 1 heterocycles. The third-order valence-electron chi connectivity index (χ3n) is 4.11. The Morgan fingerprint density at radius 1 is 1.25 bits per heavy atom. The first-order chi connectivity index (χ1) is 9.61. The molecule has 1 amide bonds. The van der Waals surface area contributed by atoms with Gasteiger partial charge >= 0.3 is 0 Å². The molecule has 0 spiro atoms. The Morgan fingerprint density at radius 2 is 1.90 bits per heavy atom. The molecule has 4 nitrogen and oxygen atoms in total.